The largest absolute Gasteiger partial charge is 0.497 e. The highest BCUT2D eigenvalue weighted by molar-refractivity contribution is 9.10. The van der Waals surface area contributed by atoms with Crippen LogP contribution in [0.5, 0.6) is 5.75 Å². The van der Waals surface area contributed by atoms with Gasteiger partial charge in [0.25, 0.3) is 0 Å². The number of imidazole rings is 1. The number of ether oxygens (including phenoxy) is 1. The third-order valence-corrected chi connectivity index (χ3v) is 4.12. The predicted octanol–water partition coefficient (Wildman–Crippen LogP) is 4.29. The average Bonchev–Trinajstić information content (AvgIpc) is 2.97. The molecule has 0 atom stereocenters. The second kappa shape index (κ2) is 6.79. The Labute approximate surface area is 138 Å². The quantitative estimate of drug-likeness (QED) is 0.681. The van der Waals surface area contributed by atoms with Gasteiger partial charge in [0.05, 0.1) is 7.11 Å². The Morgan fingerprint density at radius 2 is 1.68 bits per heavy atom. The van der Waals surface area contributed by atoms with Gasteiger partial charge in [0.2, 0.25) is 0 Å². The molecule has 1 aromatic heterocycles. The summed E-state index contributed by atoms with van der Waals surface area (Å²) in [6.07, 6.45) is 4.70. The molecule has 3 rings (SSSR count). The van der Waals surface area contributed by atoms with Gasteiger partial charge in [0, 0.05) is 29.8 Å². The number of halogens is 1. The lowest BCUT2D eigenvalue weighted by Gasteiger charge is -2.09. The minimum Gasteiger partial charge on any atom is -0.497 e. The van der Waals surface area contributed by atoms with Gasteiger partial charge in [-0.15, -0.1) is 0 Å². The first kappa shape index (κ1) is 14.9. The van der Waals surface area contributed by atoms with Gasteiger partial charge in [-0.25, -0.2) is 4.98 Å². The van der Waals surface area contributed by atoms with E-state index in [1.54, 1.807) is 7.11 Å². The maximum Gasteiger partial charge on any atom is 0.118 e. The van der Waals surface area contributed by atoms with Crippen LogP contribution in [0.4, 0.5) is 0 Å². The Morgan fingerprint density at radius 1 is 1.00 bits per heavy atom. The lowest BCUT2D eigenvalue weighted by atomic mass is 10.1. The van der Waals surface area contributed by atoms with Crippen molar-refractivity contribution in [1.29, 1.82) is 0 Å². The average molecular weight is 357 g/mol. The first-order chi connectivity index (χ1) is 10.7. The molecule has 2 aromatic carbocycles. The van der Waals surface area contributed by atoms with Gasteiger partial charge in [0.15, 0.2) is 0 Å². The number of methoxy groups -OCH3 is 1. The lowest BCUT2D eigenvalue weighted by molar-refractivity contribution is 0.414. The monoisotopic (exact) mass is 356 g/mol. The summed E-state index contributed by atoms with van der Waals surface area (Å²) >= 11 is 3.46. The zero-order valence-corrected chi connectivity index (χ0v) is 14.0. The highest BCUT2D eigenvalue weighted by Gasteiger charge is 2.05. The molecule has 0 aliphatic heterocycles. The zero-order valence-electron chi connectivity index (χ0n) is 12.4. The van der Waals surface area contributed by atoms with Gasteiger partial charge in [0.1, 0.15) is 11.6 Å². The van der Waals surface area contributed by atoms with E-state index in [2.05, 4.69) is 61.9 Å². The van der Waals surface area contributed by atoms with E-state index < -0.39 is 0 Å². The first-order valence-corrected chi connectivity index (χ1v) is 7.91. The summed E-state index contributed by atoms with van der Waals surface area (Å²) in [7, 11) is 1.68. The number of aromatic nitrogens is 2. The van der Waals surface area contributed by atoms with Crippen molar-refractivity contribution in [1.82, 2.24) is 9.55 Å². The molecule has 0 aliphatic rings. The minimum absolute atomic E-state index is 0.813. The van der Waals surface area contributed by atoms with Crippen LogP contribution < -0.4 is 4.74 Å². The van der Waals surface area contributed by atoms with E-state index in [1.165, 1.54) is 11.1 Å². The van der Waals surface area contributed by atoms with Gasteiger partial charge >= 0.3 is 0 Å². The van der Waals surface area contributed by atoms with E-state index >= 15 is 0 Å². The topological polar surface area (TPSA) is 27.1 Å². The van der Waals surface area contributed by atoms with Crippen molar-refractivity contribution in [2.75, 3.05) is 7.11 Å². The van der Waals surface area contributed by atoms with Gasteiger partial charge in [-0.1, -0.05) is 40.2 Å². The molecule has 3 nitrogen and oxygen atoms in total. The molecule has 0 aliphatic carbocycles. The number of rotatable bonds is 5. The van der Waals surface area contributed by atoms with Gasteiger partial charge in [-0.2, -0.15) is 0 Å². The maximum atomic E-state index is 5.19. The SMILES string of the molecule is COc1ccc(Cc2nccn2Cc2ccc(Br)cc2)cc1. The van der Waals surface area contributed by atoms with Crippen molar-refractivity contribution in [2.45, 2.75) is 13.0 Å². The molecule has 0 N–H and O–H groups in total. The van der Waals surface area contributed by atoms with Crippen LogP contribution in [0.1, 0.15) is 17.0 Å². The van der Waals surface area contributed by atoms with Crippen molar-refractivity contribution in [3.8, 4) is 5.75 Å². The number of benzene rings is 2. The highest BCUT2D eigenvalue weighted by atomic mass is 79.9. The molecule has 1 heterocycles. The Balaban J connectivity index is 1.75. The highest BCUT2D eigenvalue weighted by Crippen LogP contribution is 2.16. The van der Waals surface area contributed by atoms with Crippen LogP contribution in [0.2, 0.25) is 0 Å². The van der Waals surface area contributed by atoms with Crippen molar-refractivity contribution in [2.24, 2.45) is 0 Å². The van der Waals surface area contributed by atoms with Crippen LogP contribution >= 0.6 is 15.9 Å². The number of hydrogen-bond acceptors (Lipinski definition) is 2. The second-order valence-electron chi connectivity index (χ2n) is 5.12. The van der Waals surface area contributed by atoms with Crippen LogP contribution in [-0.4, -0.2) is 16.7 Å². The standard InChI is InChI=1S/C18H17BrN2O/c1-22-17-8-4-14(5-9-17)12-18-20-10-11-21(18)13-15-2-6-16(19)7-3-15/h2-11H,12-13H2,1H3. The van der Waals surface area contributed by atoms with E-state index in [4.69, 9.17) is 4.74 Å². The molecule has 0 amide bonds. The fourth-order valence-electron chi connectivity index (χ4n) is 2.36. The van der Waals surface area contributed by atoms with Crippen molar-refractivity contribution in [3.05, 3.63) is 82.3 Å². The molecule has 22 heavy (non-hydrogen) atoms. The fraction of sp³-hybridized carbons (Fsp3) is 0.167. The summed E-state index contributed by atoms with van der Waals surface area (Å²) in [5.74, 6) is 1.94. The summed E-state index contributed by atoms with van der Waals surface area (Å²) in [6.45, 7) is 0.832. The normalized spacial score (nSPS) is 10.6. The molecule has 0 saturated carbocycles. The molecule has 0 radical (unpaired) electrons. The van der Waals surface area contributed by atoms with Gasteiger partial charge in [-0.3, -0.25) is 0 Å². The number of hydrogen-bond donors (Lipinski definition) is 0. The third kappa shape index (κ3) is 3.57. The molecule has 0 bridgehead atoms. The van der Waals surface area contributed by atoms with Crippen LogP contribution in [0.25, 0.3) is 0 Å². The van der Waals surface area contributed by atoms with Crippen LogP contribution in [0, 0.1) is 0 Å². The van der Waals surface area contributed by atoms with E-state index in [0.717, 1.165) is 29.0 Å². The Hall–Kier alpha value is -2.07. The second-order valence-corrected chi connectivity index (χ2v) is 6.04. The molecule has 0 spiro atoms. The van der Waals surface area contributed by atoms with Gasteiger partial charge in [-0.05, 0) is 35.4 Å². The van der Waals surface area contributed by atoms with E-state index in [9.17, 15) is 0 Å². The Bertz CT molecular complexity index is 733. The molecule has 112 valence electrons. The molecule has 0 fully saturated rings. The third-order valence-electron chi connectivity index (χ3n) is 3.59. The summed E-state index contributed by atoms with van der Waals surface area (Å²) < 4.78 is 8.48. The van der Waals surface area contributed by atoms with E-state index in [0.29, 0.717) is 0 Å². The van der Waals surface area contributed by atoms with Crippen LogP contribution in [0.15, 0.2) is 65.4 Å². The molecule has 4 heteroatoms. The number of nitrogens with zero attached hydrogens (tertiary/aromatic N) is 2. The summed E-state index contributed by atoms with van der Waals surface area (Å²) in [5.41, 5.74) is 2.49. The Morgan fingerprint density at radius 3 is 2.36 bits per heavy atom. The van der Waals surface area contributed by atoms with Gasteiger partial charge < -0.3 is 9.30 Å². The molecule has 0 unspecified atom stereocenters. The molecular weight excluding hydrogens is 340 g/mol. The van der Waals surface area contributed by atoms with Crippen molar-refractivity contribution in [3.63, 3.8) is 0 Å². The van der Waals surface area contributed by atoms with Crippen molar-refractivity contribution < 1.29 is 4.74 Å². The smallest absolute Gasteiger partial charge is 0.118 e. The van der Waals surface area contributed by atoms with Crippen LogP contribution in [-0.2, 0) is 13.0 Å². The van der Waals surface area contributed by atoms with Crippen LogP contribution in [0.3, 0.4) is 0 Å². The van der Waals surface area contributed by atoms with Crippen molar-refractivity contribution >= 4 is 15.9 Å². The summed E-state index contributed by atoms with van der Waals surface area (Å²) in [6, 6.07) is 16.5. The van der Waals surface area contributed by atoms with E-state index in [-0.39, 0.29) is 0 Å². The molecular formula is C18H17BrN2O. The van der Waals surface area contributed by atoms with E-state index in [1.807, 2.05) is 24.5 Å². The Kier molecular flexibility index (Phi) is 4.59. The lowest BCUT2D eigenvalue weighted by Crippen LogP contribution is -2.05. The maximum absolute atomic E-state index is 5.19. The zero-order chi connectivity index (χ0) is 15.4. The predicted molar refractivity (Wildman–Crippen MR) is 91.3 cm³/mol. The summed E-state index contributed by atoms with van der Waals surface area (Å²) in [4.78, 5) is 4.49. The summed E-state index contributed by atoms with van der Waals surface area (Å²) in [5, 5.41) is 0. The minimum atomic E-state index is 0.813. The molecule has 0 saturated heterocycles. The first-order valence-electron chi connectivity index (χ1n) is 7.12. The fourth-order valence-corrected chi connectivity index (χ4v) is 2.63. The molecule has 3 aromatic rings.